The number of rotatable bonds is 3. The number of hydrogen-bond acceptors (Lipinski definition) is 3. The van der Waals surface area contributed by atoms with Crippen LogP contribution in [0, 0.1) is 13.8 Å². The standard InChI is InChI=1S/C20H17NO3/c1-13-4-3-5-16(10-13)21-19(22)9-7-15-12-24-18-8-6-14(2)11-17(18)20(15)23/h3-12H,1-2H3,(H,21,22)/b9-7+. The van der Waals surface area contributed by atoms with Crippen molar-refractivity contribution in [1.82, 2.24) is 0 Å². The number of anilines is 1. The number of nitrogens with one attached hydrogen (secondary N) is 1. The zero-order valence-corrected chi connectivity index (χ0v) is 13.5. The summed E-state index contributed by atoms with van der Waals surface area (Å²) in [6, 6.07) is 12.9. The summed E-state index contributed by atoms with van der Waals surface area (Å²) in [6.45, 7) is 3.87. The Morgan fingerprint density at radius 3 is 2.67 bits per heavy atom. The molecule has 1 N–H and O–H groups in total. The van der Waals surface area contributed by atoms with Crippen molar-refractivity contribution in [3.63, 3.8) is 0 Å². The van der Waals surface area contributed by atoms with Gasteiger partial charge in [-0.3, -0.25) is 9.59 Å². The van der Waals surface area contributed by atoms with Gasteiger partial charge in [-0.15, -0.1) is 0 Å². The van der Waals surface area contributed by atoms with E-state index in [-0.39, 0.29) is 11.3 Å². The fraction of sp³-hybridized carbons (Fsp3) is 0.100. The smallest absolute Gasteiger partial charge is 0.248 e. The van der Waals surface area contributed by atoms with Crippen LogP contribution in [0.5, 0.6) is 0 Å². The molecule has 0 unspecified atom stereocenters. The zero-order chi connectivity index (χ0) is 17.1. The number of fused-ring (bicyclic) bond motifs is 1. The highest BCUT2D eigenvalue weighted by Gasteiger charge is 2.06. The highest BCUT2D eigenvalue weighted by Crippen LogP contribution is 2.14. The molecule has 0 aliphatic heterocycles. The minimum absolute atomic E-state index is 0.153. The Morgan fingerprint density at radius 2 is 1.88 bits per heavy atom. The van der Waals surface area contributed by atoms with Crippen molar-refractivity contribution in [2.45, 2.75) is 13.8 Å². The van der Waals surface area contributed by atoms with Gasteiger partial charge in [0.1, 0.15) is 11.8 Å². The predicted molar refractivity (Wildman–Crippen MR) is 96.1 cm³/mol. The van der Waals surface area contributed by atoms with E-state index in [9.17, 15) is 9.59 Å². The first-order valence-electron chi connectivity index (χ1n) is 7.61. The molecule has 0 saturated heterocycles. The summed E-state index contributed by atoms with van der Waals surface area (Å²) in [7, 11) is 0. The van der Waals surface area contributed by atoms with Gasteiger partial charge in [-0.05, 0) is 49.8 Å². The van der Waals surface area contributed by atoms with Crippen molar-refractivity contribution in [2.75, 3.05) is 5.32 Å². The van der Waals surface area contributed by atoms with Crippen LogP contribution in [-0.4, -0.2) is 5.91 Å². The molecule has 4 heteroatoms. The summed E-state index contributed by atoms with van der Waals surface area (Å²) < 4.78 is 5.46. The average molecular weight is 319 g/mol. The molecule has 0 bridgehead atoms. The Balaban J connectivity index is 1.84. The SMILES string of the molecule is Cc1cccc(NC(=O)/C=C/c2coc3ccc(C)cc3c2=O)c1. The zero-order valence-electron chi connectivity index (χ0n) is 13.5. The Kier molecular flexibility index (Phi) is 4.29. The molecule has 0 aliphatic rings. The summed E-state index contributed by atoms with van der Waals surface area (Å²) in [5, 5.41) is 3.27. The number of carbonyl (C=O) groups is 1. The molecule has 3 rings (SSSR count). The van der Waals surface area contributed by atoms with E-state index >= 15 is 0 Å². The third-order valence-electron chi connectivity index (χ3n) is 3.65. The normalized spacial score (nSPS) is 11.1. The van der Waals surface area contributed by atoms with Crippen molar-refractivity contribution in [3.8, 4) is 0 Å². The number of amides is 1. The molecule has 24 heavy (non-hydrogen) atoms. The van der Waals surface area contributed by atoms with Crippen molar-refractivity contribution < 1.29 is 9.21 Å². The molecule has 2 aromatic carbocycles. The first-order valence-corrected chi connectivity index (χ1v) is 7.61. The van der Waals surface area contributed by atoms with E-state index in [1.54, 1.807) is 12.1 Å². The van der Waals surface area contributed by atoms with E-state index in [1.165, 1.54) is 18.4 Å². The maximum atomic E-state index is 12.5. The summed E-state index contributed by atoms with van der Waals surface area (Å²) in [4.78, 5) is 24.4. The second kappa shape index (κ2) is 6.54. The summed E-state index contributed by atoms with van der Waals surface area (Å²) >= 11 is 0. The molecule has 3 aromatic rings. The van der Waals surface area contributed by atoms with Crippen LogP contribution in [0.25, 0.3) is 17.0 Å². The number of carbonyl (C=O) groups excluding carboxylic acids is 1. The fourth-order valence-corrected chi connectivity index (χ4v) is 2.45. The van der Waals surface area contributed by atoms with Crippen LogP contribution in [0.2, 0.25) is 0 Å². The van der Waals surface area contributed by atoms with Crippen LogP contribution in [0.15, 0.2) is 64.0 Å². The van der Waals surface area contributed by atoms with Crippen LogP contribution in [0.3, 0.4) is 0 Å². The summed E-state index contributed by atoms with van der Waals surface area (Å²) in [6.07, 6.45) is 4.17. The van der Waals surface area contributed by atoms with Crippen LogP contribution < -0.4 is 10.7 Å². The topological polar surface area (TPSA) is 59.3 Å². The molecule has 1 aromatic heterocycles. The number of hydrogen-bond donors (Lipinski definition) is 1. The Bertz CT molecular complexity index is 999. The van der Waals surface area contributed by atoms with Gasteiger partial charge in [0.25, 0.3) is 0 Å². The lowest BCUT2D eigenvalue weighted by molar-refractivity contribution is -0.111. The second-order valence-electron chi connectivity index (χ2n) is 5.71. The molecule has 120 valence electrons. The minimum atomic E-state index is -0.302. The van der Waals surface area contributed by atoms with Gasteiger partial charge in [0.15, 0.2) is 5.43 Å². The minimum Gasteiger partial charge on any atom is -0.463 e. The molecule has 0 aliphatic carbocycles. The molecule has 4 nitrogen and oxygen atoms in total. The van der Waals surface area contributed by atoms with Crippen molar-refractivity contribution >= 4 is 28.6 Å². The van der Waals surface area contributed by atoms with E-state index in [2.05, 4.69) is 5.32 Å². The average Bonchev–Trinajstić information content (AvgIpc) is 2.55. The lowest BCUT2D eigenvalue weighted by Crippen LogP contribution is -2.09. The Labute approximate surface area is 139 Å². The predicted octanol–water partition coefficient (Wildman–Crippen LogP) is 4.06. The van der Waals surface area contributed by atoms with E-state index in [0.717, 1.165) is 11.1 Å². The summed E-state index contributed by atoms with van der Waals surface area (Å²) in [5.41, 5.74) is 3.47. The molecular weight excluding hydrogens is 302 g/mol. The molecule has 1 amide bonds. The highest BCUT2D eigenvalue weighted by molar-refractivity contribution is 6.02. The van der Waals surface area contributed by atoms with Gasteiger partial charge < -0.3 is 9.73 Å². The van der Waals surface area contributed by atoms with Gasteiger partial charge >= 0.3 is 0 Å². The largest absolute Gasteiger partial charge is 0.463 e. The monoisotopic (exact) mass is 319 g/mol. The lowest BCUT2D eigenvalue weighted by atomic mass is 10.1. The van der Waals surface area contributed by atoms with Gasteiger partial charge in [-0.1, -0.05) is 23.8 Å². The third-order valence-corrected chi connectivity index (χ3v) is 3.65. The number of aryl methyl sites for hydroxylation is 2. The molecular formula is C20H17NO3. The van der Waals surface area contributed by atoms with E-state index in [1.807, 2.05) is 44.2 Å². The maximum absolute atomic E-state index is 12.5. The first-order chi connectivity index (χ1) is 11.5. The highest BCUT2D eigenvalue weighted by atomic mass is 16.3. The molecule has 0 atom stereocenters. The van der Waals surface area contributed by atoms with Crippen LogP contribution in [0.1, 0.15) is 16.7 Å². The maximum Gasteiger partial charge on any atom is 0.248 e. The second-order valence-corrected chi connectivity index (χ2v) is 5.71. The lowest BCUT2D eigenvalue weighted by Gasteiger charge is -2.03. The van der Waals surface area contributed by atoms with Gasteiger partial charge in [0, 0.05) is 11.8 Å². The van der Waals surface area contributed by atoms with Crippen molar-refractivity contribution in [1.29, 1.82) is 0 Å². The third kappa shape index (κ3) is 3.43. The molecule has 0 fully saturated rings. The fourth-order valence-electron chi connectivity index (χ4n) is 2.45. The molecule has 0 radical (unpaired) electrons. The van der Waals surface area contributed by atoms with Crippen LogP contribution in [0.4, 0.5) is 5.69 Å². The number of benzene rings is 2. The van der Waals surface area contributed by atoms with Crippen molar-refractivity contribution in [2.24, 2.45) is 0 Å². The first kappa shape index (κ1) is 15.7. The van der Waals surface area contributed by atoms with Gasteiger partial charge in [0.2, 0.25) is 5.91 Å². The summed E-state index contributed by atoms with van der Waals surface area (Å²) in [5.74, 6) is -0.302. The molecule has 1 heterocycles. The quantitative estimate of drug-likeness (QED) is 0.741. The molecule has 0 spiro atoms. The van der Waals surface area contributed by atoms with E-state index in [0.29, 0.717) is 22.2 Å². The van der Waals surface area contributed by atoms with Crippen molar-refractivity contribution in [3.05, 3.63) is 81.7 Å². The van der Waals surface area contributed by atoms with E-state index in [4.69, 9.17) is 4.42 Å². The van der Waals surface area contributed by atoms with Crippen LogP contribution >= 0.6 is 0 Å². The molecule has 0 saturated carbocycles. The van der Waals surface area contributed by atoms with E-state index < -0.39 is 0 Å². The Hall–Kier alpha value is -3.14. The van der Waals surface area contributed by atoms with Gasteiger partial charge in [-0.25, -0.2) is 0 Å². The van der Waals surface area contributed by atoms with Gasteiger partial charge in [0.05, 0.1) is 10.9 Å². The van der Waals surface area contributed by atoms with Crippen LogP contribution in [-0.2, 0) is 4.79 Å². The van der Waals surface area contributed by atoms with Gasteiger partial charge in [-0.2, -0.15) is 0 Å². The Morgan fingerprint density at radius 1 is 1.08 bits per heavy atom.